The van der Waals surface area contributed by atoms with Crippen molar-refractivity contribution in [2.45, 2.75) is 0 Å². The van der Waals surface area contributed by atoms with E-state index in [4.69, 9.17) is 11.6 Å². The summed E-state index contributed by atoms with van der Waals surface area (Å²) < 4.78 is 13.3. The highest BCUT2D eigenvalue weighted by Crippen LogP contribution is 2.18. The summed E-state index contributed by atoms with van der Waals surface area (Å²) in [5.74, 6) is -0.955. The Morgan fingerprint density at radius 1 is 1.22 bits per heavy atom. The zero-order valence-electron chi connectivity index (χ0n) is 9.06. The summed E-state index contributed by atoms with van der Waals surface area (Å²) in [6.45, 7) is 0. The Morgan fingerprint density at radius 3 is 2.61 bits per heavy atom. The smallest absolute Gasteiger partial charge is 0.259 e. The lowest BCUT2D eigenvalue weighted by atomic mass is 10.2. The second-order valence-corrected chi connectivity index (χ2v) is 3.68. The molecule has 0 radical (unpaired) electrons. The minimum atomic E-state index is -0.586. The Labute approximate surface area is 114 Å². The Bertz CT molecular complexity index is 563. The van der Waals surface area contributed by atoms with Crippen molar-refractivity contribution < 1.29 is 9.18 Å². The zero-order chi connectivity index (χ0) is 12.3. The fourth-order valence-electron chi connectivity index (χ4n) is 1.30. The van der Waals surface area contributed by atoms with Crippen LogP contribution in [-0.4, -0.2) is 10.9 Å². The number of hydrogen-bond donors (Lipinski definition) is 1. The van der Waals surface area contributed by atoms with Crippen LogP contribution in [0.15, 0.2) is 42.6 Å². The Kier molecular flexibility index (Phi) is 5.07. The molecule has 1 aromatic heterocycles. The summed E-state index contributed by atoms with van der Waals surface area (Å²) in [6.07, 6.45) is 1.49. The predicted octanol–water partition coefficient (Wildman–Crippen LogP) is 3.55. The number of anilines is 1. The van der Waals surface area contributed by atoms with Crippen LogP contribution in [0.1, 0.15) is 10.4 Å². The van der Waals surface area contributed by atoms with E-state index in [1.807, 2.05) is 0 Å². The lowest BCUT2D eigenvalue weighted by molar-refractivity contribution is 0.102. The number of rotatable bonds is 2. The second-order valence-electron chi connectivity index (χ2n) is 3.27. The van der Waals surface area contributed by atoms with Gasteiger partial charge in [0.2, 0.25) is 0 Å². The van der Waals surface area contributed by atoms with Gasteiger partial charge in [0.1, 0.15) is 5.82 Å². The molecule has 0 fully saturated rings. The topological polar surface area (TPSA) is 42.0 Å². The van der Waals surface area contributed by atoms with Crippen LogP contribution in [0.3, 0.4) is 0 Å². The Hall–Kier alpha value is -1.65. The third kappa shape index (κ3) is 3.18. The molecular weight excluding hydrogens is 278 g/mol. The third-order valence-corrected chi connectivity index (χ3v) is 2.41. The number of carbonyl (C=O) groups is 1. The third-order valence-electron chi connectivity index (χ3n) is 2.11. The van der Waals surface area contributed by atoms with E-state index in [0.29, 0.717) is 5.02 Å². The molecule has 1 N–H and O–H groups in total. The standard InChI is InChI=1S/C12H8ClFN2O.ClH/c13-9-5-3-7-15-11(9)16-12(17)8-4-1-2-6-10(8)14;/h1-7H,(H,15,16,17);1H. The van der Waals surface area contributed by atoms with Crippen LogP contribution in [0.4, 0.5) is 10.2 Å². The Morgan fingerprint density at radius 2 is 1.94 bits per heavy atom. The van der Waals surface area contributed by atoms with Crippen LogP contribution in [0.5, 0.6) is 0 Å². The first-order valence-corrected chi connectivity index (χ1v) is 5.22. The van der Waals surface area contributed by atoms with Gasteiger partial charge in [0.25, 0.3) is 5.91 Å². The summed E-state index contributed by atoms with van der Waals surface area (Å²) in [5.41, 5.74) is -0.0470. The van der Waals surface area contributed by atoms with Crippen LogP contribution in [0.2, 0.25) is 5.02 Å². The summed E-state index contributed by atoms with van der Waals surface area (Å²) in [7, 11) is 0. The van der Waals surface area contributed by atoms with E-state index in [2.05, 4.69) is 10.3 Å². The van der Waals surface area contributed by atoms with E-state index in [1.165, 1.54) is 24.4 Å². The molecule has 1 amide bonds. The van der Waals surface area contributed by atoms with Gasteiger partial charge in [0.15, 0.2) is 5.82 Å². The van der Waals surface area contributed by atoms with Gasteiger partial charge in [-0.25, -0.2) is 9.37 Å². The molecule has 1 aromatic carbocycles. The first-order chi connectivity index (χ1) is 8.18. The first-order valence-electron chi connectivity index (χ1n) is 4.85. The van der Waals surface area contributed by atoms with Gasteiger partial charge in [-0.15, -0.1) is 12.4 Å². The number of pyridine rings is 1. The monoisotopic (exact) mass is 286 g/mol. The molecule has 3 nitrogen and oxygen atoms in total. The summed E-state index contributed by atoms with van der Waals surface area (Å²) in [6, 6.07) is 8.93. The molecule has 0 unspecified atom stereocenters. The van der Waals surface area contributed by atoms with E-state index in [0.717, 1.165) is 0 Å². The van der Waals surface area contributed by atoms with Crippen LogP contribution < -0.4 is 5.32 Å². The van der Waals surface area contributed by atoms with Gasteiger partial charge in [0.05, 0.1) is 10.6 Å². The molecule has 2 rings (SSSR count). The van der Waals surface area contributed by atoms with Crippen molar-refractivity contribution >= 4 is 35.7 Å². The zero-order valence-corrected chi connectivity index (χ0v) is 10.6. The molecule has 0 aliphatic carbocycles. The number of carbonyl (C=O) groups excluding carboxylic acids is 1. The minimum Gasteiger partial charge on any atom is -0.305 e. The molecule has 1 heterocycles. The number of nitrogens with one attached hydrogen (secondary N) is 1. The van der Waals surface area contributed by atoms with Crippen molar-refractivity contribution in [3.05, 3.63) is 59.0 Å². The Balaban J connectivity index is 0.00000162. The number of hydrogen-bond acceptors (Lipinski definition) is 2. The van der Waals surface area contributed by atoms with Crippen LogP contribution in [0.25, 0.3) is 0 Å². The number of benzene rings is 1. The maximum atomic E-state index is 13.3. The molecule has 0 aliphatic heterocycles. The predicted molar refractivity (Wildman–Crippen MR) is 70.8 cm³/mol. The molecule has 0 atom stereocenters. The number of amides is 1. The SMILES string of the molecule is Cl.O=C(Nc1ncccc1Cl)c1ccccc1F. The van der Waals surface area contributed by atoms with E-state index < -0.39 is 11.7 Å². The molecular formula is C12H9Cl2FN2O. The molecule has 2 aromatic rings. The lowest BCUT2D eigenvalue weighted by Gasteiger charge is -2.06. The fourth-order valence-corrected chi connectivity index (χ4v) is 1.47. The number of aromatic nitrogens is 1. The molecule has 0 aliphatic rings. The first kappa shape index (κ1) is 14.4. The van der Waals surface area contributed by atoms with E-state index in [9.17, 15) is 9.18 Å². The molecule has 0 bridgehead atoms. The van der Waals surface area contributed by atoms with E-state index in [1.54, 1.807) is 18.2 Å². The van der Waals surface area contributed by atoms with Crippen molar-refractivity contribution in [2.24, 2.45) is 0 Å². The van der Waals surface area contributed by atoms with Gasteiger partial charge in [-0.2, -0.15) is 0 Å². The van der Waals surface area contributed by atoms with E-state index in [-0.39, 0.29) is 23.8 Å². The van der Waals surface area contributed by atoms with Crippen molar-refractivity contribution in [1.29, 1.82) is 0 Å². The molecule has 0 saturated carbocycles. The van der Waals surface area contributed by atoms with Gasteiger partial charge in [-0.1, -0.05) is 23.7 Å². The van der Waals surface area contributed by atoms with Crippen molar-refractivity contribution in [1.82, 2.24) is 4.98 Å². The average Bonchev–Trinajstić information content (AvgIpc) is 2.32. The molecule has 0 saturated heterocycles. The van der Waals surface area contributed by atoms with Gasteiger partial charge < -0.3 is 5.32 Å². The lowest BCUT2D eigenvalue weighted by Crippen LogP contribution is -2.14. The molecule has 18 heavy (non-hydrogen) atoms. The second kappa shape index (κ2) is 6.33. The van der Waals surface area contributed by atoms with Gasteiger partial charge >= 0.3 is 0 Å². The maximum Gasteiger partial charge on any atom is 0.259 e. The van der Waals surface area contributed by atoms with Gasteiger partial charge in [-0.3, -0.25) is 4.79 Å². The minimum absolute atomic E-state index is 0. The normalized spacial score (nSPS) is 9.44. The fraction of sp³-hybridized carbons (Fsp3) is 0. The highest BCUT2D eigenvalue weighted by Gasteiger charge is 2.12. The summed E-state index contributed by atoms with van der Waals surface area (Å²) in [4.78, 5) is 15.6. The van der Waals surface area contributed by atoms with Crippen LogP contribution in [0, 0.1) is 5.82 Å². The maximum absolute atomic E-state index is 13.3. The molecule has 6 heteroatoms. The molecule has 0 spiro atoms. The number of nitrogens with zero attached hydrogens (tertiary/aromatic N) is 1. The van der Waals surface area contributed by atoms with E-state index >= 15 is 0 Å². The highest BCUT2D eigenvalue weighted by molar-refractivity contribution is 6.33. The average molecular weight is 287 g/mol. The van der Waals surface area contributed by atoms with Gasteiger partial charge in [0, 0.05) is 6.20 Å². The largest absolute Gasteiger partial charge is 0.305 e. The van der Waals surface area contributed by atoms with Gasteiger partial charge in [-0.05, 0) is 24.3 Å². The van der Waals surface area contributed by atoms with Crippen molar-refractivity contribution in [2.75, 3.05) is 5.32 Å². The molecule has 94 valence electrons. The number of halogens is 3. The van der Waals surface area contributed by atoms with Crippen molar-refractivity contribution in [3.8, 4) is 0 Å². The van der Waals surface area contributed by atoms with Crippen LogP contribution >= 0.6 is 24.0 Å². The highest BCUT2D eigenvalue weighted by atomic mass is 35.5. The quantitative estimate of drug-likeness (QED) is 0.917. The summed E-state index contributed by atoms with van der Waals surface area (Å²) in [5, 5.41) is 2.75. The van der Waals surface area contributed by atoms with Crippen molar-refractivity contribution in [3.63, 3.8) is 0 Å². The van der Waals surface area contributed by atoms with Crippen LogP contribution in [-0.2, 0) is 0 Å². The summed E-state index contributed by atoms with van der Waals surface area (Å²) >= 11 is 5.82.